The summed E-state index contributed by atoms with van der Waals surface area (Å²) in [6.45, 7) is 1.37. The summed E-state index contributed by atoms with van der Waals surface area (Å²) in [5, 5.41) is -0.991. The van der Waals surface area contributed by atoms with Crippen molar-refractivity contribution in [3.05, 3.63) is 22.3 Å². The number of ether oxygens (including phenoxy) is 2. The maximum atomic E-state index is 12.8. The molecule has 0 aliphatic carbocycles. The highest BCUT2D eigenvalue weighted by Crippen LogP contribution is 2.38. The van der Waals surface area contributed by atoms with E-state index < -0.39 is 47.1 Å². The van der Waals surface area contributed by atoms with Crippen LogP contribution < -0.4 is 4.74 Å². The summed E-state index contributed by atoms with van der Waals surface area (Å²) in [6, 6.07) is 0.00444. The molecule has 11 heteroatoms. The summed E-state index contributed by atoms with van der Waals surface area (Å²) in [5.41, 5.74) is -2.32. The normalized spacial score (nSPS) is 12.2. The van der Waals surface area contributed by atoms with Crippen molar-refractivity contribution in [3.63, 3.8) is 0 Å². The van der Waals surface area contributed by atoms with Crippen molar-refractivity contribution in [1.82, 2.24) is 4.98 Å². The highest BCUT2D eigenvalue weighted by molar-refractivity contribution is 6.32. The molecule has 0 aromatic carbocycles. The highest BCUT2D eigenvalue weighted by Gasteiger charge is 2.38. The van der Waals surface area contributed by atoms with Crippen LogP contribution >= 0.6 is 11.6 Å². The Bertz CT molecular complexity index is 558. The summed E-state index contributed by atoms with van der Waals surface area (Å²) < 4.78 is 82.5. The minimum atomic E-state index is -5.25. The van der Waals surface area contributed by atoms with Crippen LogP contribution in [0.15, 0.2) is 6.07 Å². The van der Waals surface area contributed by atoms with Crippen LogP contribution in [0.25, 0.3) is 0 Å². The molecule has 0 bridgehead atoms. The van der Waals surface area contributed by atoms with Gasteiger partial charge in [-0.2, -0.15) is 13.2 Å². The predicted molar refractivity (Wildman–Crippen MR) is 61.3 cm³/mol. The number of alkyl halides is 6. The van der Waals surface area contributed by atoms with E-state index in [-0.39, 0.29) is 12.7 Å². The van der Waals surface area contributed by atoms with E-state index in [0.29, 0.717) is 0 Å². The first kappa shape index (κ1) is 18.3. The van der Waals surface area contributed by atoms with Crippen molar-refractivity contribution in [3.8, 4) is 5.88 Å². The van der Waals surface area contributed by atoms with Gasteiger partial charge in [-0.15, -0.1) is 13.2 Å². The van der Waals surface area contributed by atoms with Gasteiger partial charge in [0.2, 0.25) is 5.88 Å². The maximum Gasteiger partial charge on any atom is 0.574 e. The molecule has 0 aliphatic heterocycles. The average Bonchev–Trinajstić information content (AvgIpc) is 2.30. The molecule has 0 saturated heterocycles. The molecule has 0 saturated carbocycles. The Hall–Kier alpha value is -1.71. The fourth-order valence-electron chi connectivity index (χ4n) is 1.40. The number of carbonyl (C=O) groups is 1. The minimum absolute atomic E-state index is 0.00444. The van der Waals surface area contributed by atoms with Crippen LogP contribution in [-0.4, -0.2) is 23.9 Å². The van der Waals surface area contributed by atoms with Gasteiger partial charge in [-0.3, -0.25) is 4.79 Å². The van der Waals surface area contributed by atoms with Gasteiger partial charge in [0.15, 0.2) is 0 Å². The Labute approximate surface area is 125 Å². The summed E-state index contributed by atoms with van der Waals surface area (Å²) in [4.78, 5) is 14.4. The first-order chi connectivity index (χ1) is 9.94. The third-order valence-corrected chi connectivity index (χ3v) is 2.57. The number of esters is 1. The van der Waals surface area contributed by atoms with Gasteiger partial charge in [0.05, 0.1) is 29.3 Å². The molecule has 124 valence electrons. The molecule has 1 aromatic rings. The zero-order valence-electron chi connectivity index (χ0n) is 10.8. The maximum absolute atomic E-state index is 12.8. The molecule has 0 N–H and O–H groups in total. The lowest BCUT2D eigenvalue weighted by Gasteiger charge is -2.15. The number of hydrogen-bond acceptors (Lipinski definition) is 4. The third-order valence-electron chi connectivity index (χ3n) is 2.15. The number of pyridine rings is 1. The van der Waals surface area contributed by atoms with Gasteiger partial charge in [-0.05, 0) is 6.92 Å². The number of hydrogen-bond donors (Lipinski definition) is 0. The second-order valence-electron chi connectivity index (χ2n) is 3.80. The van der Waals surface area contributed by atoms with Gasteiger partial charge in [0, 0.05) is 6.07 Å². The molecular formula is C11H8ClF6NO3. The van der Waals surface area contributed by atoms with Crippen LogP contribution in [0.3, 0.4) is 0 Å². The first-order valence-electron chi connectivity index (χ1n) is 5.62. The van der Waals surface area contributed by atoms with Gasteiger partial charge in [0.1, 0.15) is 0 Å². The van der Waals surface area contributed by atoms with Crippen LogP contribution in [-0.2, 0) is 22.1 Å². The number of rotatable bonds is 4. The van der Waals surface area contributed by atoms with Crippen LogP contribution in [0, 0.1) is 0 Å². The zero-order valence-corrected chi connectivity index (χ0v) is 11.6. The van der Waals surface area contributed by atoms with Gasteiger partial charge >= 0.3 is 18.5 Å². The number of nitrogens with zero attached hydrogens (tertiary/aromatic N) is 1. The quantitative estimate of drug-likeness (QED) is 0.612. The Morgan fingerprint density at radius 3 is 2.32 bits per heavy atom. The largest absolute Gasteiger partial charge is 0.574 e. The van der Waals surface area contributed by atoms with Gasteiger partial charge < -0.3 is 9.47 Å². The molecule has 0 atom stereocenters. The fourth-order valence-corrected chi connectivity index (χ4v) is 1.67. The molecule has 0 spiro atoms. The molecule has 4 nitrogen and oxygen atoms in total. The molecule has 0 amide bonds. The Morgan fingerprint density at radius 2 is 1.86 bits per heavy atom. The molecule has 22 heavy (non-hydrogen) atoms. The Morgan fingerprint density at radius 1 is 1.27 bits per heavy atom. The van der Waals surface area contributed by atoms with Gasteiger partial charge in [-0.25, -0.2) is 4.98 Å². The lowest BCUT2D eigenvalue weighted by atomic mass is 10.2. The molecule has 1 rings (SSSR count). The minimum Gasteiger partial charge on any atom is -0.466 e. The summed E-state index contributed by atoms with van der Waals surface area (Å²) in [6.07, 6.45) is -11.1. The molecule has 0 fully saturated rings. The van der Waals surface area contributed by atoms with Gasteiger partial charge in [0.25, 0.3) is 0 Å². The lowest BCUT2D eigenvalue weighted by molar-refractivity contribution is -0.276. The van der Waals surface area contributed by atoms with Crippen molar-refractivity contribution in [1.29, 1.82) is 0 Å². The van der Waals surface area contributed by atoms with E-state index in [1.165, 1.54) is 6.92 Å². The predicted octanol–water partition coefficient (Wildman–Crippen LogP) is 3.76. The average molecular weight is 352 g/mol. The van der Waals surface area contributed by atoms with Crippen molar-refractivity contribution in [2.75, 3.05) is 6.61 Å². The molecule has 1 aromatic heterocycles. The lowest BCUT2D eigenvalue weighted by Crippen LogP contribution is -2.20. The standard InChI is InChI=1S/C11H8ClF6NO3/c1-2-21-8(20)4-6-9(12)5(10(13,14)15)3-7(19-6)22-11(16,17)18/h3H,2,4H2,1H3. The SMILES string of the molecule is CCOC(=O)Cc1nc(OC(F)(F)F)cc(C(F)(F)F)c1Cl. The molecule has 0 unspecified atom stereocenters. The van der Waals surface area contributed by atoms with E-state index in [1.54, 1.807) is 0 Å². The van der Waals surface area contributed by atoms with Crippen LogP contribution in [0.5, 0.6) is 5.88 Å². The van der Waals surface area contributed by atoms with Gasteiger partial charge in [-0.1, -0.05) is 11.6 Å². The number of carbonyl (C=O) groups excluding carboxylic acids is 1. The zero-order chi connectivity index (χ0) is 17.1. The molecular weight excluding hydrogens is 344 g/mol. The molecule has 1 heterocycles. The van der Waals surface area contributed by atoms with E-state index in [4.69, 9.17) is 11.6 Å². The Kier molecular flexibility index (Phi) is 5.49. The van der Waals surface area contributed by atoms with Crippen molar-refractivity contribution in [2.24, 2.45) is 0 Å². The van der Waals surface area contributed by atoms with Crippen LogP contribution in [0.1, 0.15) is 18.2 Å². The van der Waals surface area contributed by atoms with E-state index in [9.17, 15) is 31.1 Å². The third kappa shape index (κ3) is 5.24. The fraction of sp³-hybridized carbons (Fsp3) is 0.455. The first-order valence-corrected chi connectivity index (χ1v) is 5.99. The van der Waals surface area contributed by atoms with E-state index >= 15 is 0 Å². The number of aromatic nitrogens is 1. The highest BCUT2D eigenvalue weighted by atomic mass is 35.5. The van der Waals surface area contributed by atoms with Crippen LogP contribution in [0.2, 0.25) is 5.02 Å². The van der Waals surface area contributed by atoms with Crippen LogP contribution in [0.4, 0.5) is 26.3 Å². The summed E-state index contributed by atoms with van der Waals surface area (Å²) in [5.74, 6) is -2.36. The summed E-state index contributed by atoms with van der Waals surface area (Å²) in [7, 11) is 0. The van der Waals surface area contributed by atoms with E-state index in [0.717, 1.165) is 0 Å². The Balaban J connectivity index is 3.29. The number of halogens is 7. The van der Waals surface area contributed by atoms with Crippen molar-refractivity contribution < 1.29 is 40.6 Å². The van der Waals surface area contributed by atoms with Crippen molar-refractivity contribution >= 4 is 17.6 Å². The summed E-state index contributed by atoms with van der Waals surface area (Å²) >= 11 is 5.45. The smallest absolute Gasteiger partial charge is 0.466 e. The monoisotopic (exact) mass is 351 g/mol. The van der Waals surface area contributed by atoms with E-state index in [1.807, 2.05) is 0 Å². The topological polar surface area (TPSA) is 48.4 Å². The van der Waals surface area contributed by atoms with Crippen molar-refractivity contribution in [2.45, 2.75) is 25.9 Å². The molecule has 0 radical (unpaired) electrons. The molecule has 0 aliphatic rings. The second kappa shape index (κ2) is 6.59. The second-order valence-corrected chi connectivity index (χ2v) is 4.17. The van der Waals surface area contributed by atoms with E-state index in [2.05, 4.69) is 14.5 Å².